The molecule has 5 nitrogen and oxygen atoms in total. The van der Waals surface area contributed by atoms with Gasteiger partial charge >= 0.3 is 0 Å². The lowest BCUT2D eigenvalue weighted by atomic mass is 9.90. The predicted molar refractivity (Wildman–Crippen MR) is 113 cm³/mol. The van der Waals surface area contributed by atoms with Crippen molar-refractivity contribution in [3.8, 4) is 0 Å². The second-order valence-corrected chi connectivity index (χ2v) is 9.53. The van der Waals surface area contributed by atoms with E-state index in [1.807, 2.05) is 18.2 Å². The molecule has 0 aromatic heterocycles. The van der Waals surface area contributed by atoms with Gasteiger partial charge in [-0.3, -0.25) is 9.10 Å². The third kappa shape index (κ3) is 5.35. The summed E-state index contributed by atoms with van der Waals surface area (Å²) in [5.41, 5.74) is 1.45. The molecule has 7 heteroatoms. The number of carbonyl (C=O) groups excluding carboxylic acids is 1. The summed E-state index contributed by atoms with van der Waals surface area (Å²) in [6, 6.07) is 14.7. The smallest absolute Gasteiger partial charge is 0.246 e. The molecule has 1 fully saturated rings. The van der Waals surface area contributed by atoms with Crippen molar-refractivity contribution in [2.75, 3.05) is 23.7 Å². The average Bonchev–Trinajstić information content (AvgIpc) is 2.68. The fourth-order valence-corrected chi connectivity index (χ4v) is 5.15. The van der Waals surface area contributed by atoms with Crippen molar-refractivity contribution >= 4 is 21.6 Å². The number of likely N-dealkylation sites (tertiary alicyclic amines) is 1. The predicted octanol–water partition coefficient (Wildman–Crippen LogP) is 3.46. The highest BCUT2D eigenvalue weighted by molar-refractivity contribution is 7.92. The highest BCUT2D eigenvalue weighted by atomic mass is 32.2. The Labute approximate surface area is 172 Å². The maximum atomic E-state index is 13.6. The van der Waals surface area contributed by atoms with Crippen molar-refractivity contribution in [3.63, 3.8) is 0 Å². The van der Waals surface area contributed by atoms with Gasteiger partial charge in [0.25, 0.3) is 0 Å². The molecule has 1 aliphatic rings. The van der Waals surface area contributed by atoms with E-state index in [0.717, 1.165) is 35.9 Å². The number of halogens is 1. The summed E-state index contributed by atoms with van der Waals surface area (Å²) >= 11 is 0. The zero-order valence-corrected chi connectivity index (χ0v) is 17.6. The highest BCUT2D eigenvalue weighted by Gasteiger charge is 2.33. The van der Waals surface area contributed by atoms with Gasteiger partial charge in [0.05, 0.1) is 11.9 Å². The van der Waals surface area contributed by atoms with Crippen molar-refractivity contribution in [2.45, 2.75) is 32.2 Å². The topological polar surface area (TPSA) is 57.7 Å². The molecule has 29 heavy (non-hydrogen) atoms. The molecule has 0 N–H and O–H groups in total. The third-order valence-corrected chi connectivity index (χ3v) is 6.66. The number of rotatable bonds is 6. The van der Waals surface area contributed by atoms with E-state index in [2.05, 4.69) is 12.1 Å². The molecule has 0 bridgehead atoms. The van der Waals surface area contributed by atoms with Gasteiger partial charge in [0.2, 0.25) is 15.9 Å². The van der Waals surface area contributed by atoms with Gasteiger partial charge in [-0.1, -0.05) is 36.4 Å². The van der Waals surface area contributed by atoms with E-state index in [-0.39, 0.29) is 11.6 Å². The lowest BCUT2D eigenvalue weighted by molar-refractivity contribution is -0.133. The van der Waals surface area contributed by atoms with Crippen LogP contribution in [0.4, 0.5) is 10.1 Å². The number of benzene rings is 2. The number of amides is 1. The van der Waals surface area contributed by atoms with Crippen molar-refractivity contribution in [3.05, 3.63) is 66.0 Å². The number of hydrogen-bond acceptors (Lipinski definition) is 3. The van der Waals surface area contributed by atoms with E-state index in [1.54, 1.807) is 11.8 Å². The van der Waals surface area contributed by atoms with E-state index >= 15 is 0 Å². The van der Waals surface area contributed by atoms with Crippen LogP contribution < -0.4 is 4.31 Å². The molecule has 1 saturated heterocycles. The summed E-state index contributed by atoms with van der Waals surface area (Å²) < 4.78 is 39.4. The molecule has 1 amide bonds. The first-order valence-electron chi connectivity index (χ1n) is 9.83. The molecule has 0 spiro atoms. The van der Waals surface area contributed by atoms with E-state index < -0.39 is 21.9 Å². The maximum Gasteiger partial charge on any atom is 0.246 e. The van der Waals surface area contributed by atoms with Gasteiger partial charge in [0.15, 0.2) is 0 Å². The molecular formula is C22H27FN2O3S. The first kappa shape index (κ1) is 21.3. The lowest BCUT2D eigenvalue weighted by Crippen LogP contribution is -2.51. The van der Waals surface area contributed by atoms with Gasteiger partial charge in [-0.25, -0.2) is 12.8 Å². The number of hydrogen-bond donors (Lipinski definition) is 0. The SMILES string of the molecule is C[C@H](C(=O)N1CCC(Cc2ccccc2)CC1)N(c1cccc(F)c1)S(C)(=O)=O. The van der Waals surface area contributed by atoms with Crippen molar-refractivity contribution in [2.24, 2.45) is 5.92 Å². The number of piperidine rings is 1. The van der Waals surface area contributed by atoms with E-state index in [9.17, 15) is 17.6 Å². The largest absolute Gasteiger partial charge is 0.341 e. The number of carbonyl (C=O) groups is 1. The van der Waals surface area contributed by atoms with Gasteiger partial charge in [-0.05, 0) is 55.9 Å². The van der Waals surface area contributed by atoms with Gasteiger partial charge in [-0.2, -0.15) is 0 Å². The number of nitrogens with zero attached hydrogens (tertiary/aromatic N) is 2. The standard InChI is InChI=1S/C22H27FN2O3S/c1-17(25(29(2,27)28)21-10-6-9-20(23)16-21)22(26)24-13-11-19(12-14-24)15-18-7-4-3-5-8-18/h3-10,16-17,19H,11-15H2,1-2H3/t17-/m1/s1. The summed E-state index contributed by atoms with van der Waals surface area (Å²) in [4.78, 5) is 14.8. The summed E-state index contributed by atoms with van der Waals surface area (Å²) in [7, 11) is -3.75. The number of sulfonamides is 1. The summed E-state index contributed by atoms with van der Waals surface area (Å²) in [6.45, 7) is 2.76. The second-order valence-electron chi connectivity index (χ2n) is 7.67. The quantitative estimate of drug-likeness (QED) is 0.722. The Hall–Kier alpha value is -2.41. The normalized spacial score (nSPS) is 16.4. The molecule has 2 aromatic carbocycles. The van der Waals surface area contributed by atoms with Crippen molar-refractivity contribution in [1.29, 1.82) is 0 Å². The minimum atomic E-state index is -3.75. The summed E-state index contributed by atoms with van der Waals surface area (Å²) in [5, 5.41) is 0. The van der Waals surface area contributed by atoms with Crippen LogP contribution in [0.1, 0.15) is 25.3 Å². The fraction of sp³-hybridized carbons (Fsp3) is 0.409. The Kier molecular flexibility index (Phi) is 6.57. The molecule has 1 aliphatic heterocycles. The van der Waals surface area contributed by atoms with Gasteiger partial charge < -0.3 is 4.90 Å². The monoisotopic (exact) mass is 418 g/mol. The minimum absolute atomic E-state index is 0.160. The van der Waals surface area contributed by atoms with Crippen LogP contribution in [-0.4, -0.2) is 44.6 Å². The molecule has 1 heterocycles. The Balaban J connectivity index is 1.67. The van der Waals surface area contributed by atoms with Crippen LogP contribution in [0.3, 0.4) is 0 Å². The highest BCUT2D eigenvalue weighted by Crippen LogP contribution is 2.26. The lowest BCUT2D eigenvalue weighted by Gasteiger charge is -2.36. The minimum Gasteiger partial charge on any atom is -0.341 e. The molecule has 0 aliphatic carbocycles. The average molecular weight is 419 g/mol. The van der Waals surface area contributed by atoms with Crippen LogP contribution in [0.25, 0.3) is 0 Å². The van der Waals surface area contributed by atoms with E-state index in [4.69, 9.17) is 0 Å². The van der Waals surface area contributed by atoms with Crippen LogP contribution in [0, 0.1) is 11.7 Å². The molecule has 3 rings (SSSR count). The maximum absolute atomic E-state index is 13.6. The van der Waals surface area contributed by atoms with Gasteiger partial charge in [0.1, 0.15) is 11.9 Å². The van der Waals surface area contributed by atoms with Crippen molar-refractivity contribution < 1.29 is 17.6 Å². The molecule has 1 atom stereocenters. The van der Waals surface area contributed by atoms with Crippen LogP contribution in [0.2, 0.25) is 0 Å². The molecular weight excluding hydrogens is 391 g/mol. The molecule has 0 saturated carbocycles. The summed E-state index contributed by atoms with van der Waals surface area (Å²) in [5.74, 6) is -0.290. The van der Waals surface area contributed by atoms with Gasteiger partial charge in [-0.15, -0.1) is 0 Å². The fourth-order valence-electron chi connectivity index (χ4n) is 3.98. The number of anilines is 1. The second kappa shape index (κ2) is 8.95. The zero-order chi connectivity index (χ0) is 21.0. The Morgan fingerprint density at radius 3 is 2.38 bits per heavy atom. The van der Waals surface area contributed by atoms with Crippen LogP contribution in [0.5, 0.6) is 0 Å². The summed E-state index contributed by atoms with van der Waals surface area (Å²) in [6.07, 6.45) is 3.78. The molecule has 0 unspecified atom stereocenters. The third-order valence-electron chi connectivity index (χ3n) is 5.42. The van der Waals surface area contributed by atoms with Crippen LogP contribution in [-0.2, 0) is 21.2 Å². The van der Waals surface area contributed by atoms with Gasteiger partial charge in [0, 0.05) is 13.1 Å². The van der Waals surface area contributed by atoms with E-state index in [0.29, 0.717) is 19.0 Å². The van der Waals surface area contributed by atoms with E-state index in [1.165, 1.54) is 23.8 Å². The Bertz CT molecular complexity index is 942. The zero-order valence-electron chi connectivity index (χ0n) is 16.8. The Morgan fingerprint density at radius 1 is 1.14 bits per heavy atom. The van der Waals surface area contributed by atoms with Crippen LogP contribution in [0.15, 0.2) is 54.6 Å². The van der Waals surface area contributed by atoms with Crippen molar-refractivity contribution in [1.82, 2.24) is 4.90 Å². The Morgan fingerprint density at radius 2 is 1.79 bits per heavy atom. The molecule has 0 radical (unpaired) electrons. The van der Waals surface area contributed by atoms with Crippen LogP contribution >= 0.6 is 0 Å². The first-order chi connectivity index (χ1) is 13.8. The first-order valence-corrected chi connectivity index (χ1v) is 11.7. The molecule has 2 aromatic rings. The molecule has 156 valence electrons.